The Balaban J connectivity index is 2.43. The number of rotatable bonds is 5. The van der Waals surface area contributed by atoms with Gasteiger partial charge in [0.15, 0.2) is 0 Å². The van der Waals surface area contributed by atoms with Gasteiger partial charge in [0.1, 0.15) is 10.7 Å². The first-order chi connectivity index (χ1) is 9.66. The summed E-state index contributed by atoms with van der Waals surface area (Å²) in [4.78, 5) is -1.12. The molecular formula is C12H14F4N2O2S. The van der Waals surface area contributed by atoms with Crippen molar-refractivity contribution in [1.29, 1.82) is 0 Å². The van der Waals surface area contributed by atoms with Crippen LogP contribution in [0.3, 0.4) is 0 Å². The molecule has 1 fully saturated rings. The Morgan fingerprint density at radius 1 is 1.33 bits per heavy atom. The summed E-state index contributed by atoms with van der Waals surface area (Å²) in [6.45, 7) is 0.146. The van der Waals surface area contributed by atoms with Crippen molar-refractivity contribution < 1.29 is 26.0 Å². The van der Waals surface area contributed by atoms with Gasteiger partial charge < -0.3 is 11.1 Å². The average molecular weight is 326 g/mol. The van der Waals surface area contributed by atoms with E-state index in [-0.39, 0.29) is 24.2 Å². The fraction of sp³-hybridized carbons (Fsp3) is 0.500. The van der Waals surface area contributed by atoms with Gasteiger partial charge in [0, 0.05) is 12.6 Å². The van der Waals surface area contributed by atoms with Crippen molar-refractivity contribution >= 4 is 15.5 Å². The Labute approximate surface area is 119 Å². The summed E-state index contributed by atoms with van der Waals surface area (Å²) in [5, 5.41) is 2.69. The zero-order valence-corrected chi connectivity index (χ0v) is 11.6. The highest BCUT2D eigenvalue weighted by atomic mass is 32.2. The minimum Gasteiger partial charge on any atom is -0.380 e. The zero-order chi connectivity index (χ0) is 15.8. The van der Waals surface area contributed by atoms with E-state index in [9.17, 15) is 26.0 Å². The third kappa shape index (κ3) is 3.29. The van der Waals surface area contributed by atoms with Crippen molar-refractivity contribution in [1.82, 2.24) is 0 Å². The van der Waals surface area contributed by atoms with Crippen molar-refractivity contribution in [3.05, 3.63) is 24.0 Å². The predicted octanol–water partition coefficient (Wildman–Crippen LogP) is 2.27. The van der Waals surface area contributed by atoms with Gasteiger partial charge in [-0.1, -0.05) is 0 Å². The van der Waals surface area contributed by atoms with E-state index in [4.69, 9.17) is 5.73 Å². The Morgan fingerprint density at radius 3 is 2.43 bits per heavy atom. The van der Waals surface area contributed by atoms with Crippen LogP contribution in [0.25, 0.3) is 0 Å². The quantitative estimate of drug-likeness (QED) is 0.814. The third-order valence-electron chi connectivity index (χ3n) is 3.32. The van der Waals surface area contributed by atoms with Crippen molar-refractivity contribution in [2.75, 3.05) is 11.9 Å². The van der Waals surface area contributed by atoms with Gasteiger partial charge in [-0.3, -0.25) is 0 Å². The van der Waals surface area contributed by atoms with Crippen LogP contribution >= 0.6 is 0 Å². The zero-order valence-electron chi connectivity index (χ0n) is 10.8. The molecule has 1 unspecified atom stereocenters. The van der Waals surface area contributed by atoms with Gasteiger partial charge in [-0.05, 0) is 37.0 Å². The Bertz CT molecular complexity index is 627. The van der Waals surface area contributed by atoms with Gasteiger partial charge in [-0.25, -0.2) is 12.8 Å². The maximum atomic E-state index is 13.2. The van der Waals surface area contributed by atoms with E-state index >= 15 is 0 Å². The van der Waals surface area contributed by atoms with Crippen molar-refractivity contribution in [2.24, 2.45) is 11.7 Å². The molecule has 9 heteroatoms. The molecule has 0 aliphatic heterocycles. The normalized spacial score (nSPS) is 17.6. The molecule has 0 amide bonds. The summed E-state index contributed by atoms with van der Waals surface area (Å²) in [6, 6.07) is 1.92. The first-order valence-corrected chi connectivity index (χ1v) is 7.72. The van der Waals surface area contributed by atoms with Crippen LogP contribution in [-0.2, 0) is 9.84 Å². The van der Waals surface area contributed by atoms with Gasteiger partial charge in [0.05, 0.1) is 5.69 Å². The number of sulfone groups is 1. The monoisotopic (exact) mass is 326 g/mol. The van der Waals surface area contributed by atoms with E-state index in [2.05, 4.69) is 5.32 Å². The standard InChI is InChI=1S/C12H14F4N2O2S/c13-8-3-4-9(18-10(6-17)7-1-2-7)11(5-8)21(19,20)12(14,15)16/h3-5,7,10,18H,1-2,6,17H2. The van der Waals surface area contributed by atoms with Gasteiger partial charge >= 0.3 is 5.51 Å². The molecule has 1 aromatic carbocycles. The van der Waals surface area contributed by atoms with E-state index in [0.717, 1.165) is 25.0 Å². The second kappa shape index (κ2) is 5.45. The summed E-state index contributed by atoms with van der Waals surface area (Å²) < 4.78 is 74.2. The number of anilines is 1. The molecule has 21 heavy (non-hydrogen) atoms. The maximum absolute atomic E-state index is 13.2. The van der Waals surface area contributed by atoms with E-state index in [1.54, 1.807) is 0 Å². The number of alkyl halides is 3. The maximum Gasteiger partial charge on any atom is 0.501 e. The second-order valence-electron chi connectivity index (χ2n) is 4.91. The van der Waals surface area contributed by atoms with Crippen LogP contribution in [0.1, 0.15) is 12.8 Å². The van der Waals surface area contributed by atoms with Crippen molar-refractivity contribution in [3.63, 3.8) is 0 Å². The molecule has 1 aliphatic carbocycles. The lowest BCUT2D eigenvalue weighted by Crippen LogP contribution is -2.32. The highest BCUT2D eigenvalue weighted by Crippen LogP contribution is 2.38. The molecule has 0 aromatic heterocycles. The van der Waals surface area contributed by atoms with Crippen LogP contribution in [0.5, 0.6) is 0 Å². The molecule has 0 radical (unpaired) electrons. The van der Waals surface area contributed by atoms with Crippen molar-refractivity contribution in [2.45, 2.75) is 29.3 Å². The predicted molar refractivity (Wildman–Crippen MR) is 68.8 cm³/mol. The number of nitrogens with one attached hydrogen (secondary N) is 1. The van der Waals surface area contributed by atoms with E-state index < -0.39 is 26.1 Å². The molecule has 1 atom stereocenters. The Hall–Kier alpha value is -1.35. The van der Waals surface area contributed by atoms with Gasteiger partial charge in [-0.2, -0.15) is 13.2 Å². The van der Waals surface area contributed by atoms with E-state index in [1.165, 1.54) is 0 Å². The number of hydrogen-bond acceptors (Lipinski definition) is 4. The first-order valence-electron chi connectivity index (χ1n) is 6.24. The summed E-state index contributed by atoms with van der Waals surface area (Å²) >= 11 is 0. The lowest BCUT2D eigenvalue weighted by Gasteiger charge is -2.20. The van der Waals surface area contributed by atoms with Crippen LogP contribution in [0.15, 0.2) is 23.1 Å². The van der Waals surface area contributed by atoms with E-state index in [0.29, 0.717) is 6.07 Å². The molecule has 0 bridgehead atoms. The fourth-order valence-corrected chi connectivity index (χ4v) is 2.96. The number of benzene rings is 1. The topological polar surface area (TPSA) is 72.2 Å². The Kier molecular flexibility index (Phi) is 4.16. The summed E-state index contributed by atoms with van der Waals surface area (Å²) in [6.07, 6.45) is 1.74. The number of halogens is 4. The number of hydrogen-bond donors (Lipinski definition) is 2. The molecule has 0 spiro atoms. The molecule has 1 aromatic rings. The molecule has 0 saturated heterocycles. The highest BCUT2D eigenvalue weighted by molar-refractivity contribution is 7.92. The molecular weight excluding hydrogens is 312 g/mol. The van der Waals surface area contributed by atoms with Crippen LogP contribution < -0.4 is 11.1 Å². The van der Waals surface area contributed by atoms with Crippen LogP contribution in [0, 0.1) is 11.7 Å². The third-order valence-corrected chi connectivity index (χ3v) is 4.85. The second-order valence-corrected chi connectivity index (χ2v) is 6.82. The SMILES string of the molecule is NCC(Nc1ccc(F)cc1S(=O)(=O)C(F)(F)F)C1CC1. The van der Waals surface area contributed by atoms with Gasteiger partial charge in [-0.15, -0.1) is 0 Å². The largest absolute Gasteiger partial charge is 0.501 e. The first kappa shape index (κ1) is 16.0. The molecule has 0 heterocycles. The molecule has 2 rings (SSSR count). The van der Waals surface area contributed by atoms with Gasteiger partial charge in [0.2, 0.25) is 0 Å². The van der Waals surface area contributed by atoms with Crippen LogP contribution in [-0.4, -0.2) is 26.5 Å². The Morgan fingerprint density at radius 2 is 1.95 bits per heavy atom. The minimum atomic E-state index is -5.63. The summed E-state index contributed by atoms with van der Waals surface area (Å²) in [5.74, 6) is -0.861. The molecule has 1 saturated carbocycles. The van der Waals surface area contributed by atoms with Crippen molar-refractivity contribution in [3.8, 4) is 0 Å². The lowest BCUT2D eigenvalue weighted by molar-refractivity contribution is -0.0435. The highest BCUT2D eigenvalue weighted by Gasteiger charge is 2.48. The average Bonchev–Trinajstić information content (AvgIpc) is 3.20. The number of nitrogens with two attached hydrogens (primary N) is 1. The lowest BCUT2D eigenvalue weighted by atomic mass is 10.1. The smallest absolute Gasteiger partial charge is 0.380 e. The molecule has 3 N–H and O–H groups in total. The minimum absolute atomic E-state index is 0.146. The summed E-state index contributed by atoms with van der Waals surface area (Å²) in [5.41, 5.74) is -0.244. The summed E-state index contributed by atoms with van der Waals surface area (Å²) in [7, 11) is -5.63. The molecule has 118 valence electrons. The molecule has 1 aliphatic rings. The van der Waals surface area contributed by atoms with Crippen LogP contribution in [0.4, 0.5) is 23.2 Å². The van der Waals surface area contributed by atoms with Crippen LogP contribution in [0.2, 0.25) is 0 Å². The molecule has 4 nitrogen and oxygen atoms in total. The fourth-order valence-electron chi connectivity index (χ4n) is 2.03. The van der Waals surface area contributed by atoms with Gasteiger partial charge in [0.25, 0.3) is 9.84 Å². The van der Waals surface area contributed by atoms with E-state index in [1.807, 2.05) is 0 Å².